The van der Waals surface area contributed by atoms with Crippen molar-refractivity contribution in [3.8, 4) is 0 Å². The molecule has 1 saturated heterocycles. The van der Waals surface area contributed by atoms with Crippen LogP contribution in [-0.2, 0) is 21.2 Å². The van der Waals surface area contributed by atoms with Gasteiger partial charge in [0.2, 0.25) is 10.0 Å². The van der Waals surface area contributed by atoms with Gasteiger partial charge in [-0.1, -0.05) is 11.6 Å². The van der Waals surface area contributed by atoms with E-state index in [1.807, 2.05) is 12.3 Å². The molecule has 0 spiro atoms. The number of hydrogen-bond donors (Lipinski definition) is 2. The Bertz CT molecular complexity index is 972. The highest BCUT2D eigenvalue weighted by atomic mass is 35.5. The van der Waals surface area contributed by atoms with Gasteiger partial charge >= 0.3 is 0 Å². The number of hydrogen-bond acceptors (Lipinski definition) is 6. The molecule has 1 aromatic heterocycles. The number of amides is 1. The van der Waals surface area contributed by atoms with Crippen molar-refractivity contribution in [3.05, 3.63) is 44.9 Å². The number of ether oxygens (including phenoxy) is 1. The number of nitrogens with one attached hydrogen (secondary N) is 2. The van der Waals surface area contributed by atoms with Crippen LogP contribution in [0.5, 0.6) is 0 Å². The summed E-state index contributed by atoms with van der Waals surface area (Å²) in [7, 11) is -3.84. The average Bonchev–Trinajstić information content (AvgIpc) is 3.38. The normalized spacial score (nSPS) is 16.7. The summed E-state index contributed by atoms with van der Waals surface area (Å²) in [5, 5.41) is 6.03. The molecule has 1 unspecified atom stereocenters. The van der Waals surface area contributed by atoms with Gasteiger partial charge in [-0.05, 0) is 57.2 Å². The van der Waals surface area contributed by atoms with E-state index < -0.39 is 10.0 Å². The minimum atomic E-state index is -3.84. The van der Waals surface area contributed by atoms with E-state index in [2.05, 4.69) is 15.0 Å². The Morgan fingerprint density at radius 3 is 2.90 bits per heavy atom. The van der Waals surface area contributed by atoms with E-state index in [9.17, 15) is 13.2 Å². The number of carbonyl (C=O) groups is 1. The van der Waals surface area contributed by atoms with Gasteiger partial charge in [-0.25, -0.2) is 18.1 Å². The first-order valence-electron chi connectivity index (χ1n) is 9.95. The molecule has 3 rings (SSSR count). The molecule has 0 saturated carbocycles. The second kappa shape index (κ2) is 10.7. The van der Waals surface area contributed by atoms with Crippen LogP contribution in [-0.4, -0.2) is 45.1 Å². The van der Waals surface area contributed by atoms with Crippen molar-refractivity contribution < 1.29 is 17.9 Å². The van der Waals surface area contributed by atoms with E-state index in [0.29, 0.717) is 13.2 Å². The third-order valence-electron chi connectivity index (χ3n) is 4.78. The van der Waals surface area contributed by atoms with Gasteiger partial charge in [0.25, 0.3) is 5.91 Å². The third-order valence-corrected chi connectivity index (χ3v) is 7.71. The van der Waals surface area contributed by atoms with Gasteiger partial charge in [-0.15, -0.1) is 11.3 Å². The zero-order valence-electron chi connectivity index (χ0n) is 16.8. The fraction of sp³-hybridized carbons (Fsp3) is 0.500. The fourth-order valence-corrected chi connectivity index (χ4v) is 5.57. The maximum atomic E-state index is 12.6. The quantitative estimate of drug-likeness (QED) is 0.518. The first kappa shape index (κ1) is 23.1. The Balaban J connectivity index is 1.52. The summed E-state index contributed by atoms with van der Waals surface area (Å²) < 4.78 is 33.2. The number of aryl methyl sites for hydroxylation is 2. The second-order valence-corrected chi connectivity index (χ2v) is 10.3. The second-order valence-electron chi connectivity index (χ2n) is 7.23. The molecule has 1 fully saturated rings. The number of carbonyl (C=O) groups excluding carboxylic acids is 1. The highest BCUT2D eigenvalue weighted by molar-refractivity contribution is 7.89. The van der Waals surface area contributed by atoms with Crippen LogP contribution in [0.4, 0.5) is 0 Å². The monoisotopic (exact) mass is 471 g/mol. The molecule has 2 aromatic rings. The van der Waals surface area contributed by atoms with Gasteiger partial charge in [-0.2, -0.15) is 0 Å². The molecule has 0 aliphatic carbocycles. The highest BCUT2D eigenvalue weighted by Gasteiger charge is 2.23. The van der Waals surface area contributed by atoms with Crippen LogP contribution in [0.3, 0.4) is 0 Å². The van der Waals surface area contributed by atoms with E-state index in [4.69, 9.17) is 16.3 Å². The molecule has 164 valence electrons. The molecule has 30 heavy (non-hydrogen) atoms. The van der Waals surface area contributed by atoms with Crippen LogP contribution in [0.2, 0.25) is 5.02 Å². The lowest BCUT2D eigenvalue weighted by Crippen LogP contribution is -2.32. The largest absolute Gasteiger partial charge is 0.377 e. The predicted molar refractivity (Wildman–Crippen MR) is 118 cm³/mol. The van der Waals surface area contributed by atoms with Crippen molar-refractivity contribution in [2.75, 3.05) is 19.7 Å². The van der Waals surface area contributed by atoms with Crippen LogP contribution in [0.25, 0.3) is 0 Å². The molecule has 1 aliphatic heterocycles. The summed E-state index contributed by atoms with van der Waals surface area (Å²) >= 11 is 7.75. The van der Waals surface area contributed by atoms with Gasteiger partial charge in [-0.3, -0.25) is 4.79 Å². The number of benzene rings is 1. The van der Waals surface area contributed by atoms with Gasteiger partial charge in [0.1, 0.15) is 4.90 Å². The minimum absolute atomic E-state index is 0.0742. The number of halogens is 1. The summed E-state index contributed by atoms with van der Waals surface area (Å²) in [5.41, 5.74) is 1.29. The van der Waals surface area contributed by atoms with E-state index >= 15 is 0 Å². The van der Waals surface area contributed by atoms with Crippen molar-refractivity contribution in [2.24, 2.45) is 0 Å². The summed E-state index contributed by atoms with van der Waals surface area (Å²) in [4.78, 5) is 16.8. The summed E-state index contributed by atoms with van der Waals surface area (Å²) in [6.07, 6.45) is 4.23. The molecule has 2 N–H and O–H groups in total. The third kappa shape index (κ3) is 6.49. The summed E-state index contributed by atoms with van der Waals surface area (Å²) in [5.74, 6) is -0.327. The van der Waals surface area contributed by atoms with Crippen LogP contribution in [0.1, 0.15) is 46.7 Å². The molecule has 1 aliphatic rings. The Morgan fingerprint density at radius 1 is 1.37 bits per heavy atom. The lowest BCUT2D eigenvalue weighted by atomic mass is 10.2. The molecule has 10 heteroatoms. The maximum Gasteiger partial charge on any atom is 0.251 e. The Morgan fingerprint density at radius 2 is 2.20 bits per heavy atom. The first-order chi connectivity index (χ1) is 14.3. The van der Waals surface area contributed by atoms with Gasteiger partial charge in [0, 0.05) is 36.3 Å². The fourth-order valence-electron chi connectivity index (χ4n) is 3.16. The molecule has 2 heterocycles. The van der Waals surface area contributed by atoms with Crippen LogP contribution >= 0.6 is 22.9 Å². The molecule has 0 radical (unpaired) electrons. The van der Waals surface area contributed by atoms with E-state index in [-0.39, 0.29) is 34.0 Å². The van der Waals surface area contributed by atoms with Crippen molar-refractivity contribution in [1.82, 2.24) is 15.0 Å². The number of rotatable bonds is 10. The molecule has 1 atom stereocenters. The van der Waals surface area contributed by atoms with Crippen molar-refractivity contribution in [3.63, 3.8) is 0 Å². The molecule has 1 aromatic carbocycles. The van der Waals surface area contributed by atoms with E-state index in [1.165, 1.54) is 18.2 Å². The number of nitrogens with zero attached hydrogens (tertiary/aromatic N) is 1. The first-order valence-corrected chi connectivity index (χ1v) is 12.7. The lowest BCUT2D eigenvalue weighted by Gasteiger charge is -2.13. The Hall–Kier alpha value is -1.52. The molecule has 0 bridgehead atoms. The maximum absolute atomic E-state index is 12.6. The van der Waals surface area contributed by atoms with E-state index in [0.717, 1.165) is 42.8 Å². The number of aromatic nitrogens is 1. The lowest BCUT2D eigenvalue weighted by molar-refractivity contribution is 0.0952. The van der Waals surface area contributed by atoms with Crippen molar-refractivity contribution >= 4 is 38.9 Å². The number of sulfonamides is 1. The van der Waals surface area contributed by atoms with E-state index in [1.54, 1.807) is 11.3 Å². The number of thiazole rings is 1. The Labute approximate surface area is 186 Å². The molecule has 1 amide bonds. The predicted octanol–water partition coefficient (Wildman–Crippen LogP) is 3.31. The van der Waals surface area contributed by atoms with Crippen LogP contribution in [0, 0.1) is 6.92 Å². The summed E-state index contributed by atoms with van der Waals surface area (Å²) in [6.45, 7) is 3.31. The average molecular weight is 472 g/mol. The zero-order chi connectivity index (χ0) is 21.6. The van der Waals surface area contributed by atoms with Crippen LogP contribution < -0.4 is 10.0 Å². The number of unbranched alkanes of at least 4 members (excludes halogenated alkanes) is 1. The van der Waals surface area contributed by atoms with Gasteiger partial charge in [0.05, 0.1) is 16.1 Å². The highest BCUT2D eigenvalue weighted by Crippen LogP contribution is 2.23. The molecular weight excluding hydrogens is 446 g/mol. The zero-order valence-corrected chi connectivity index (χ0v) is 19.2. The Kier molecular flexibility index (Phi) is 8.24. The molecular formula is C20H26ClN3O4S2. The van der Waals surface area contributed by atoms with Gasteiger partial charge < -0.3 is 10.1 Å². The topological polar surface area (TPSA) is 97.4 Å². The smallest absolute Gasteiger partial charge is 0.251 e. The van der Waals surface area contributed by atoms with Crippen LogP contribution in [0.15, 0.2) is 28.5 Å². The standard InChI is InChI=1S/C20H26ClN3O4S2/c1-14-13-29-19(24-14)6-2-3-9-22-20(25)15-7-8-17(21)18(11-15)30(26,27)23-12-16-5-4-10-28-16/h7-8,11,13,16,23H,2-6,9-10,12H2,1H3,(H,22,25). The molecule has 7 nitrogen and oxygen atoms in total. The van der Waals surface area contributed by atoms with Gasteiger partial charge in [0.15, 0.2) is 0 Å². The van der Waals surface area contributed by atoms with Crippen molar-refractivity contribution in [2.45, 2.75) is 50.0 Å². The SMILES string of the molecule is Cc1csc(CCCCNC(=O)c2ccc(Cl)c(S(=O)(=O)NCC3CCCO3)c2)n1. The minimum Gasteiger partial charge on any atom is -0.377 e. The summed E-state index contributed by atoms with van der Waals surface area (Å²) in [6, 6.07) is 4.27. The van der Waals surface area contributed by atoms with Crippen molar-refractivity contribution in [1.29, 1.82) is 0 Å².